The van der Waals surface area contributed by atoms with Crippen LogP contribution in [0.2, 0.25) is 0 Å². The van der Waals surface area contributed by atoms with Crippen molar-refractivity contribution in [2.24, 2.45) is 0 Å². The van der Waals surface area contributed by atoms with Gasteiger partial charge in [-0.2, -0.15) is 5.10 Å². The van der Waals surface area contributed by atoms with Gasteiger partial charge in [-0.3, -0.25) is 9.89 Å². The lowest BCUT2D eigenvalue weighted by atomic mass is 9.97. The highest BCUT2D eigenvalue weighted by molar-refractivity contribution is 5.92. The third-order valence-electron chi connectivity index (χ3n) is 4.40. The van der Waals surface area contributed by atoms with E-state index in [1.807, 2.05) is 17.2 Å². The molecule has 1 atom stereocenters. The van der Waals surface area contributed by atoms with Gasteiger partial charge in [0.25, 0.3) is 5.91 Å². The molecule has 1 saturated carbocycles. The van der Waals surface area contributed by atoms with Gasteiger partial charge in [-0.1, -0.05) is 5.16 Å². The van der Waals surface area contributed by atoms with E-state index in [2.05, 4.69) is 15.4 Å². The van der Waals surface area contributed by atoms with Gasteiger partial charge in [0.2, 0.25) is 0 Å². The Kier molecular flexibility index (Phi) is 3.02. The summed E-state index contributed by atoms with van der Waals surface area (Å²) >= 11 is 0. The fourth-order valence-electron chi connectivity index (χ4n) is 3.06. The summed E-state index contributed by atoms with van der Waals surface area (Å²) in [5.41, 5.74) is 1.50. The zero-order valence-electron chi connectivity index (χ0n) is 11.8. The van der Waals surface area contributed by atoms with Crippen LogP contribution in [0.15, 0.2) is 23.0 Å². The Bertz CT molecular complexity index is 630. The first-order valence-corrected chi connectivity index (χ1v) is 7.59. The Hall–Kier alpha value is -2.11. The SMILES string of the molecule is O=C(c1cc(C2CC2)on1)N1CCCCC1c1cn[nH]c1. The smallest absolute Gasteiger partial charge is 0.276 e. The average molecular weight is 286 g/mol. The number of aromatic nitrogens is 3. The first kappa shape index (κ1) is 12.6. The number of rotatable bonds is 3. The lowest BCUT2D eigenvalue weighted by molar-refractivity contribution is 0.0601. The van der Waals surface area contributed by atoms with Crippen LogP contribution < -0.4 is 0 Å². The lowest BCUT2D eigenvalue weighted by Gasteiger charge is -2.34. The standard InChI is InChI=1S/C15H18N4O2/c20-15(12-7-14(21-18-12)10-4-5-10)19-6-2-1-3-13(19)11-8-16-17-9-11/h7-10,13H,1-6H2,(H,16,17). The van der Waals surface area contributed by atoms with E-state index < -0.39 is 0 Å². The molecule has 6 nitrogen and oxygen atoms in total. The molecule has 1 aliphatic heterocycles. The van der Waals surface area contributed by atoms with Gasteiger partial charge in [-0.25, -0.2) is 0 Å². The molecule has 0 bridgehead atoms. The molecule has 4 rings (SSSR count). The van der Waals surface area contributed by atoms with Gasteiger partial charge in [0.15, 0.2) is 5.69 Å². The highest BCUT2D eigenvalue weighted by Crippen LogP contribution is 2.40. The minimum absolute atomic E-state index is 0.0310. The third kappa shape index (κ3) is 2.34. The molecule has 6 heteroatoms. The number of amides is 1. The summed E-state index contributed by atoms with van der Waals surface area (Å²) in [5, 5.41) is 10.8. The molecule has 1 unspecified atom stereocenters. The van der Waals surface area contributed by atoms with E-state index in [-0.39, 0.29) is 11.9 Å². The summed E-state index contributed by atoms with van der Waals surface area (Å²) in [6.07, 6.45) is 9.09. The van der Waals surface area contributed by atoms with Crippen molar-refractivity contribution in [1.82, 2.24) is 20.3 Å². The number of carbonyl (C=O) groups is 1. The van der Waals surface area contributed by atoms with Crippen LogP contribution in [0.25, 0.3) is 0 Å². The van der Waals surface area contributed by atoms with E-state index in [4.69, 9.17) is 4.52 Å². The monoisotopic (exact) mass is 286 g/mol. The van der Waals surface area contributed by atoms with Crippen molar-refractivity contribution in [3.63, 3.8) is 0 Å². The highest BCUT2D eigenvalue weighted by atomic mass is 16.5. The normalized spacial score (nSPS) is 22.5. The first-order chi connectivity index (χ1) is 10.3. The van der Waals surface area contributed by atoms with E-state index in [0.717, 1.165) is 50.0 Å². The van der Waals surface area contributed by atoms with Gasteiger partial charge < -0.3 is 9.42 Å². The second kappa shape index (κ2) is 5.02. The van der Waals surface area contributed by atoms with E-state index in [1.165, 1.54) is 0 Å². The third-order valence-corrected chi connectivity index (χ3v) is 4.40. The summed E-state index contributed by atoms with van der Waals surface area (Å²) in [6.45, 7) is 0.764. The zero-order valence-corrected chi connectivity index (χ0v) is 11.8. The summed E-state index contributed by atoms with van der Waals surface area (Å²) < 4.78 is 5.31. The Morgan fingerprint density at radius 3 is 3.00 bits per heavy atom. The minimum atomic E-state index is -0.0310. The van der Waals surface area contributed by atoms with E-state index >= 15 is 0 Å². The number of nitrogens with one attached hydrogen (secondary N) is 1. The molecule has 2 aromatic heterocycles. The number of H-pyrrole nitrogens is 1. The first-order valence-electron chi connectivity index (χ1n) is 7.59. The van der Waals surface area contributed by atoms with Crippen LogP contribution in [0.1, 0.15) is 65.9 Å². The van der Waals surface area contributed by atoms with Crippen molar-refractivity contribution in [1.29, 1.82) is 0 Å². The molecule has 1 saturated heterocycles. The summed E-state index contributed by atoms with van der Waals surface area (Å²) in [7, 11) is 0. The topological polar surface area (TPSA) is 75.0 Å². The van der Waals surface area contributed by atoms with Gasteiger partial charge in [0, 0.05) is 30.3 Å². The summed E-state index contributed by atoms with van der Waals surface area (Å²) in [4.78, 5) is 14.6. The van der Waals surface area contributed by atoms with Gasteiger partial charge in [-0.05, 0) is 32.1 Å². The molecular formula is C15H18N4O2. The van der Waals surface area contributed by atoms with Crippen LogP contribution >= 0.6 is 0 Å². The molecule has 21 heavy (non-hydrogen) atoms. The molecule has 2 fully saturated rings. The molecule has 0 radical (unpaired) electrons. The van der Waals surface area contributed by atoms with Crippen molar-refractivity contribution in [3.8, 4) is 0 Å². The number of hydrogen-bond donors (Lipinski definition) is 1. The number of carbonyl (C=O) groups excluding carboxylic acids is 1. The Morgan fingerprint density at radius 2 is 2.24 bits per heavy atom. The second-order valence-corrected chi connectivity index (χ2v) is 5.93. The fraction of sp³-hybridized carbons (Fsp3) is 0.533. The average Bonchev–Trinajstić information content (AvgIpc) is 3.05. The van der Waals surface area contributed by atoms with Crippen molar-refractivity contribution in [2.75, 3.05) is 6.54 Å². The number of nitrogens with zero attached hydrogens (tertiary/aromatic N) is 3. The number of likely N-dealkylation sites (tertiary alicyclic amines) is 1. The quantitative estimate of drug-likeness (QED) is 0.941. The van der Waals surface area contributed by atoms with E-state index in [1.54, 1.807) is 6.20 Å². The molecule has 110 valence electrons. The lowest BCUT2D eigenvalue weighted by Crippen LogP contribution is -2.38. The van der Waals surface area contributed by atoms with Crippen LogP contribution in [0.5, 0.6) is 0 Å². The fourth-order valence-corrected chi connectivity index (χ4v) is 3.06. The zero-order chi connectivity index (χ0) is 14.2. The molecule has 2 aliphatic rings. The van der Waals surface area contributed by atoms with Crippen LogP contribution in [0.3, 0.4) is 0 Å². The Morgan fingerprint density at radius 1 is 1.33 bits per heavy atom. The van der Waals surface area contributed by atoms with Gasteiger partial charge >= 0.3 is 0 Å². The molecule has 0 spiro atoms. The minimum Gasteiger partial charge on any atom is -0.360 e. The second-order valence-electron chi connectivity index (χ2n) is 5.93. The molecule has 1 N–H and O–H groups in total. The molecule has 2 aromatic rings. The highest BCUT2D eigenvalue weighted by Gasteiger charge is 2.33. The maximum absolute atomic E-state index is 12.7. The maximum Gasteiger partial charge on any atom is 0.276 e. The van der Waals surface area contributed by atoms with Gasteiger partial charge in [0.1, 0.15) is 5.76 Å². The van der Waals surface area contributed by atoms with Crippen LogP contribution in [-0.4, -0.2) is 32.7 Å². The largest absolute Gasteiger partial charge is 0.360 e. The van der Waals surface area contributed by atoms with Gasteiger partial charge in [-0.15, -0.1) is 0 Å². The van der Waals surface area contributed by atoms with Crippen molar-refractivity contribution in [3.05, 3.63) is 35.5 Å². The van der Waals surface area contributed by atoms with Crippen molar-refractivity contribution < 1.29 is 9.32 Å². The summed E-state index contributed by atoms with van der Waals surface area (Å²) in [5.74, 6) is 1.30. The number of hydrogen-bond acceptors (Lipinski definition) is 4. The van der Waals surface area contributed by atoms with Crippen LogP contribution in [0.4, 0.5) is 0 Å². The molecule has 3 heterocycles. The van der Waals surface area contributed by atoms with Gasteiger partial charge in [0.05, 0.1) is 12.2 Å². The predicted octanol–water partition coefficient (Wildman–Crippen LogP) is 2.64. The van der Waals surface area contributed by atoms with Crippen molar-refractivity contribution in [2.45, 2.75) is 44.1 Å². The Labute approximate surface area is 122 Å². The van der Waals surface area contributed by atoms with E-state index in [9.17, 15) is 4.79 Å². The Balaban J connectivity index is 1.58. The predicted molar refractivity (Wildman–Crippen MR) is 74.7 cm³/mol. The molecule has 0 aromatic carbocycles. The molecule has 1 amide bonds. The number of aromatic amines is 1. The van der Waals surface area contributed by atoms with Crippen molar-refractivity contribution >= 4 is 5.91 Å². The van der Waals surface area contributed by atoms with Crippen LogP contribution in [0, 0.1) is 0 Å². The van der Waals surface area contributed by atoms with Crippen LogP contribution in [-0.2, 0) is 0 Å². The maximum atomic E-state index is 12.7. The van der Waals surface area contributed by atoms with E-state index in [0.29, 0.717) is 11.6 Å². The molecular weight excluding hydrogens is 268 g/mol. The molecule has 1 aliphatic carbocycles. The summed E-state index contributed by atoms with van der Waals surface area (Å²) in [6, 6.07) is 1.91. The number of piperidine rings is 1.